The Morgan fingerprint density at radius 3 is 2.42 bits per heavy atom. The maximum absolute atomic E-state index is 12.5. The van der Waals surface area contributed by atoms with Crippen LogP contribution in [-0.4, -0.2) is 25.0 Å². The largest absolute Gasteiger partial charge is 0.489 e. The molecule has 0 fully saturated rings. The number of hydrogen-bond donors (Lipinski definition) is 1. The summed E-state index contributed by atoms with van der Waals surface area (Å²) in [4.78, 5) is 24.4. The van der Waals surface area contributed by atoms with E-state index in [1.807, 2.05) is 44.2 Å². The van der Waals surface area contributed by atoms with Crippen LogP contribution in [0.25, 0.3) is 0 Å². The summed E-state index contributed by atoms with van der Waals surface area (Å²) in [5.74, 6) is 0.0784. The molecular formula is C21H25NO4. The predicted molar refractivity (Wildman–Crippen MR) is 99.9 cm³/mol. The smallest absolute Gasteiger partial charge is 0.328 e. The van der Waals surface area contributed by atoms with Crippen molar-refractivity contribution in [1.29, 1.82) is 0 Å². The van der Waals surface area contributed by atoms with Gasteiger partial charge in [0.15, 0.2) is 0 Å². The summed E-state index contributed by atoms with van der Waals surface area (Å²) in [5.41, 5.74) is 1.48. The van der Waals surface area contributed by atoms with Gasteiger partial charge in [-0.25, -0.2) is 4.79 Å². The lowest BCUT2D eigenvalue weighted by Gasteiger charge is -2.18. The molecule has 5 nitrogen and oxygen atoms in total. The molecule has 26 heavy (non-hydrogen) atoms. The molecule has 0 aliphatic rings. The molecule has 1 amide bonds. The second-order valence-corrected chi connectivity index (χ2v) is 6.48. The zero-order chi connectivity index (χ0) is 18.9. The normalized spacial score (nSPS) is 11.7. The summed E-state index contributed by atoms with van der Waals surface area (Å²) in [6.07, 6.45) is 0.516. The Bertz CT molecular complexity index is 728. The third-order valence-corrected chi connectivity index (χ3v) is 3.84. The highest BCUT2D eigenvalue weighted by Crippen LogP contribution is 2.16. The van der Waals surface area contributed by atoms with Crippen molar-refractivity contribution in [2.45, 2.75) is 32.9 Å². The summed E-state index contributed by atoms with van der Waals surface area (Å²) >= 11 is 0. The van der Waals surface area contributed by atoms with Crippen LogP contribution in [0.4, 0.5) is 0 Å². The number of rotatable bonds is 8. The number of nitrogens with one attached hydrogen (secondary N) is 1. The van der Waals surface area contributed by atoms with Crippen LogP contribution in [-0.2, 0) is 16.1 Å². The minimum absolute atomic E-state index is 0.250. The second-order valence-electron chi connectivity index (χ2n) is 6.48. The number of ether oxygens (including phenoxy) is 2. The molecule has 2 rings (SSSR count). The maximum atomic E-state index is 12.5. The molecule has 0 aromatic heterocycles. The quantitative estimate of drug-likeness (QED) is 0.735. The zero-order valence-corrected chi connectivity index (χ0v) is 15.4. The first-order chi connectivity index (χ1) is 12.5. The van der Waals surface area contributed by atoms with Gasteiger partial charge < -0.3 is 14.8 Å². The Labute approximate surface area is 154 Å². The first-order valence-corrected chi connectivity index (χ1v) is 8.65. The van der Waals surface area contributed by atoms with Gasteiger partial charge in [-0.3, -0.25) is 4.79 Å². The van der Waals surface area contributed by atoms with E-state index >= 15 is 0 Å². The van der Waals surface area contributed by atoms with Crippen LogP contribution in [0.15, 0.2) is 54.6 Å². The number of hydrogen-bond acceptors (Lipinski definition) is 4. The van der Waals surface area contributed by atoms with E-state index in [0.717, 1.165) is 5.56 Å². The van der Waals surface area contributed by atoms with E-state index in [1.54, 1.807) is 24.3 Å². The SMILES string of the molecule is COC(=O)C(CC(C)C)NC(=O)c1cccc(OCc2ccccc2)c1. The van der Waals surface area contributed by atoms with Crippen LogP contribution in [0.3, 0.4) is 0 Å². The molecule has 138 valence electrons. The Morgan fingerprint density at radius 1 is 1.04 bits per heavy atom. The highest BCUT2D eigenvalue weighted by atomic mass is 16.5. The molecule has 0 aliphatic heterocycles. The van der Waals surface area contributed by atoms with Gasteiger partial charge in [-0.05, 0) is 36.1 Å². The van der Waals surface area contributed by atoms with Gasteiger partial charge >= 0.3 is 5.97 Å². The summed E-state index contributed by atoms with van der Waals surface area (Å²) in [6.45, 7) is 4.39. The van der Waals surface area contributed by atoms with Gasteiger partial charge in [-0.2, -0.15) is 0 Å². The van der Waals surface area contributed by atoms with Crippen molar-refractivity contribution in [3.05, 3.63) is 65.7 Å². The summed E-state index contributed by atoms with van der Waals surface area (Å²) < 4.78 is 10.5. The van der Waals surface area contributed by atoms with Crippen molar-refractivity contribution >= 4 is 11.9 Å². The van der Waals surface area contributed by atoms with Crippen LogP contribution < -0.4 is 10.1 Å². The lowest BCUT2D eigenvalue weighted by Crippen LogP contribution is -2.42. The maximum Gasteiger partial charge on any atom is 0.328 e. The number of esters is 1. The predicted octanol–water partition coefficient (Wildman–Crippen LogP) is 3.58. The molecular weight excluding hydrogens is 330 g/mol. The molecule has 1 atom stereocenters. The number of benzene rings is 2. The fourth-order valence-electron chi connectivity index (χ4n) is 2.54. The van der Waals surface area contributed by atoms with E-state index in [2.05, 4.69) is 5.32 Å². The van der Waals surface area contributed by atoms with Crippen LogP contribution >= 0.6 is 0 Å². The molecule has 2 aromatic rings. The first kappa shape index (κ1) is 19.5. The Kier molecular flexibility index (Phi) is 7.21. The fourth-order valence-corrected chi connectivity index (χ4v) is 2.54. The van der Waals surface area contributed by atoms with E-state index in [-0.39, 0.29) is 11.8 Å². The summed E-state index contributed by atoms with van der Waals surface area (Å²) in [6, 6.07) is 16.0. The highest BCUT2D eigenvalue weighted by molar-refractivity contribution is 5.97. The van der Waals surface area contributed by atoms with Gasteiger partial charge in [0.1, 0.15) is 18.4 Å². The minimum atomic E-state index is -0.665. The molecule has 0 aliphatic carbocycles. The number of amides is 1. The third kappa shape index (κ3) is 5.92. The van der Waals surface area contributed by atoms with E-state index in [1.165, 1.54) is 7.11 Å². The van der Waals surface area contributed by atoms with Crippen LogP contribution in [0, 0.1) is 5.92 Å². The van der Waals surface area contributed by atoms with Crippen LogP contribution in [0.1, 0.15) is 36.2 Å². The summed E-state index contributed by atoms with van der Waals surface area (Å²) in [7, 11) is 1.32. The molecule has 0 bridgehead atoms. The van der Waals surface area contributed by atoms with E-state index < -0.39 is 12.0 Å². The molecule has 0 spiro atoms. The molecule has 5 heteroatoms. The molecule has 0 saturated heterocycles. The minimum Gasteiger partial charge on any atom is -0.489 e. The molecule has 2 aromatic carbocycles. The van der Waals surface area contributed by atoms with Gasteiger partial charge in [0.2, 0.25) is 0 Å². The van der Waals surface area contributed by atoms with Crippen molar-refractivity contribution < 1.29 is 19.1 Å². The number of carbonyl (C=O) groups excluding carboxylic acids is 2. The van der Waals surface area contributed by atoms with Gasteiger partial charge in [0.25, 0.3) is 5.91 Å². The van der Waals surface area contributed by atoms with E-state index in [0.29, 0.717) is 24.3 Å². The van der Waals surface area contributed by atoms with Crippen LogP contribution in [0.2, 0.25) is 0 Å². The van der Waals surface area contributed by atoms with Gasteiger partial charge in [0.05, 0.1) is 7.11 Å². The molecule has 1 unspecified atom stereocenters. The van der Waals surface area contributed by atoms with Crippen molar-refractivity contribution in [2.24, 2.45) is 5.92 Å². The number of methoxy groups -OCH3 is 1. The first-order valence-electron chi connectivity index (χ1n) is 8.65. The van der Waals surface area contributed by atoms with Crippen molar-refractivity contribution in [1.82, 2.24) is 5.32 Å². The van der Waals surface area contributed by atoms with Gasteiger partial charge in [-0.15, -0.1) is 0 Å². The number of carbonyl (C=O) groups is 2. The Balaban J connectivity index is 2.03. The molecule has 0 heterocycles. The van der Waals surface area contributed by atoms with Crippen molar-refractivity contribution in [3.63, 3.8) is 0 Å². The van der Waals surface area contributed by atoms with Gasteiger partial charge in [-0.1, -0.05) is 50.2 Å². The summed E-state index contributed by atoms with van der Waals surface area (Å²) in [5, 5.41) is 2.75. The Morgan fingerprint density at radius 2 is 1.77 bits per heavy atom. The Hall–Kier alpha value is -2.82. The highest BCUT2D eigenvalue weighted by Gasteiger charge is 2.23. The molecule has 1 N–H and O–H groups in total. The molecule has 0 radical (unpaired) electrons. The average molecular weight is 355 g/mol. The van der Waals surface area contributed by atoms with Crippen molar-refractivity contribution in [3.8, 4) is 5.75 Å². The zero-order valence-electron chi connectivity index (χ0n) is 15.4. The third-order valence-electron chi connectivity index (χ3n) is 3.84. The monoisotopic (exact) mass is 355 g/mol. The van der Waals surface area contributed by atoms with E-state index in [9.17, 15) is 9.59 Å². The second kappa shape index (κ2) is 9.61. The van der Waals surface area contributed by atoms with Crippen LogP contribution in [0.5, 0.6) is 5.75 Å². The lowest BCUT2D eigenvalue weighted by molar-refractivity contribution is -0.143. The fraction of sp³-hybridized carbons (Fsp3) is 0.333. The van der Waals surface area contributed by atoms with Crippen molar-refractivity contribution in [2.75, 3.05) is 7.11 Å². The average Bonchev–Trinajstić information content (AvgIpc) is 2.66. The van der Waals surface area contributed by atoms with E-state index in [4.69, 9.17) is 9.47 Å². The molecule has 0 saturated carbocycles. The lowest BCUT2D eigenvalue weighted by atomic mass is 10.0. The van der Waals surface area contributed by atoms with Gasteiger partial charge in [0, 0.05) is 5.56 Å². The standard InChI is InChI=1S/C21H25NO4/c1-15(2)12-19(21(24)25-3)22-20(23)17-10-7-11-18(13-17)26-14-16-8-5-4-6-9-16/h4-11,13,15,19H,12,14H2,1-3H3,(H,22,23). The topological polar surface area (TPSA) is 64.6 Å².